The van der Waals surface area contributed by atoms with Gasteiger partial charge in [-0.25, -0.2) is 9.59 Å². The third kappa shape index (κ3) is 12.7. The van der Waals surface area contributed by atoms with Crippen LogP contribution in [0.25, 0.3) is 0 Å². The molecule has 1 atom stereocenters. The molecule has 0 aliphatic rings. The summed E-state index contributed by atoms with van der Waals surface area (Å²) in [6.07, 6.45) is 0.723. The van der Waals surface area contributed by atoms with Gasteiger partial charge in [0.25, 0.3) is 0 Å². The number of amides is 3. The quantitative estimate of drug-likeness (QED) is 0.495. The van der Waals surface area contributed by atoms with Crippen LogP contribution < -0.4 is 16.0 Å². The van der Waals surface area contributed by atoms with Gasteiger partial charge in [-0.05, 0) is 34.6 Å². The van der Waals surface area contributed by atoms with E-state index in [1.54, 1.807) is 40.7 Å². The zero-order valence-corrected chi connectivity index (χ0v) is 17.1. The van der Waals surface area contributed by atoms with Crippen LogP contribution in [-0.4, -0.2) is 55.2 Å². The molecule has 0 aromatic rings. The zero-order valence-electron chi connectivity index (χ0n) is 16.3. The molecule has 0 aromatic carbocycles. The van der Waals surface area contributed by atoms with Crippen LogP contribution in [0.15, 0.2) is 11.1 Å². The molecule has 154 valence electrons. The van der Waals surface area contributed by atoms with Gasteiger partial charge in [0.05, 0.1) is 19.6 Å². The van der Waals surface area contributed by atoms with Gasteiger partial charge < -0.3 is 25.4 Å². The predicted molar refractivity (Wildman–Crippen MR) is 100 cm³/mol. The summed E-state index contributed by atoms with van der Waals surface area (Å²) in [5, 5.41) is 7.50. The van der Waals surface area contributed by atoms with Crippen molar-refractivity contribution in [3.63, 3.8) is 0 Å². The van der Waals surface area contributed by atoms with E-state index in [4.69, 9.17) is 21.1 Å². The fourth-order valence-corrected chi connectivity index (χ4v) is 1.80. The monoisotopic (exact) mass is 405 g/mol. The summed E-state index contributed by atoms with van der Waals surface area (Å²) in [6, 6.07) is -1.08. The molecule has 0 unspecified atom stereocenters. The Hall–Kier alpha value is -2.29. The van der Waals surface area contributed by atoms with Gasteiger partial charge in [0.1, 0.15) is 11.6 Å². The lowest BCUT2D eigenvalue weighted by atomic mass is 10.2. The van der Waals surface area contributed by atoms with Crippen LogP contribution in [0, 0.1) is 0 Å². The summed E-state index contributed by atoms with van der Waals surface area (Å²) in [6.45, 7) is 7.95. The minimum atomic E-state index is -1.08. The molecule has 0 radical (unpaired) electrons. The number of halogens is 1. The third-order valence-electron chi connectivity index (χ3n) is 2.84. The normalized spacial score (nSPS) is 12.6. The molecule has 0 aliphatic heterocycles. The number of alkyl carbamates (subject to hydrolysis) is 1. The summed E-state index contributed by atoms with van der Waals surface area (Å²) in [5.41, 5.74) is -0.686. The van der Waals surface area contributed by atoms with Gasteiger partial charge >= 0.3 is 12.1 Å². The first kappa shape index (κ1) is 24.7. The number of esters is 1. The Kier molecular flexibility index (Phi) is 11.1. The van der Waals surface area contributed by atoms with Gasteiger partial charge in [-0.2, -0.15) is 0 Å². The largest absolute Gasteiger partial charge is 0.464 e. The average Bonchev–Trinajstić information content (AvgIpc) is 2.55. The van der Waals surface area contributed by atoms with Crippen LogP contribution in [0.4, 0.5) is 4.79 Å². The first-order valence-corrected chi connectivity index (χ1v) is 8.86. The SMILES string of the molecule is C/C=C(/Cl)CC(=O)N[C@@H](CNC(=O)CNC(=O)OC(C)(C)C)C(=O)OCC. The zero-order chi connectivity index (χ0) is 21.0. The van der Waals surface area contributed by atoms with Crippen LogP contribution >= 0.6 is 11.6 Å². The number of ether oxygens (including phenoxy) is 2. The molecule has 0 aliphatic carbocycles. The number of carbonyl (C=O) groups is 4. The fourth-order valence-electron chi connectivity index (χ4n) is 1.68. The van der Waals surface area contributed by atoms with E-state index >= 15 is 0 Å². The Labute approximate surface area is 164 Å². The molecule has 0 heterocycles. The molecule has 0 spiro atoms. The molecule has 3 amide bonds. The Morgan fingerprint density at radius 3 is 2.26 bits per heavy atom. The minimum Gasteiger partial charge on any atom is -0.464 e. The summed E-state index contributed by atoms with van der Waals surface area (Å²) < 4.78 is 9.88. The van der Waals surface area contributed by atoms with Crippen molar-refractivity contribution >= 4 is 35.5 Å². The second-order valence-electron chi connectivity index (χ2n) is 6.44. The number of nitrogens with one attached hydrogen (secondary N) is 3. The fraction of sp³-hybridized carbons (Fsp3) is 0.647. The van der Waals surface area contributed by atoms with E-state index in [1.807, 2.05) is 0 Å². The Morgan fingerprint density at radius 1 is 1.11 bits per heavy atom. The van der Waals surface area contributed by atoms with E-state index < -0.39 is 35.5 Å². The van der Waals surface area contributed by atoms with Gasteiger partial charge in [0.15, 0.2) is 0 Å². The molecule has 0 saturated carbocycles. The number of allylic oxidation sites excluding steroid dienone is 1. The van der Waals surface area contributed by atoms with Crippen molar-refractivity contribution < 1.29 is 28.7 Å². The van der Waals surface area contributed by atoms with Gasteiger partial charge in [-0.3, -0.25) is 9.59 Å². The topological polar surface area (TPSA) is 123 Å². The maximum Gasteiger partial charge on any atom is 0.408 e. The molecule has 0 aromatic heterocycles. The van der Waals surface area contributed by atoms with Gasteiger partial charge in [0, 0.05) is 11.6 Å². The predicted octanol–water partition coefficient (Wildman–Crippen LogP) is 1.21. The van der Waals surface area contributed by atoms with Gasteiger partial charge in [-0.1, -0.05) is 17.7 Å². The summed E-state index contributed by atoms with van der Waals surface area (Å²) in [7, 11) is 0. The molecule has 0 bridgehead atoms. The lowest BCUT2D eigenvalue weighted by Crippen LogP contribution is -2.50. The number of hydrogen-bond acceptors (Lipinski definition) is 6. The first-order chi connectivity index (χ1) is 12.5. The second-order valence-corrected chi connectivity index (χ2v) is 6.93. The van der Waals surface area contributed by atoms with Crippen molar-refractivity contribution in [3.8, 4) is 0 Å². The van der Waals surface area contributed by atoms with E-state index in [2.05, 4.69) is 16.0 Å². The van der Waals surface area contributed by atoms with Crippen LogP contribution in [-0.2, 0) is 23.9 Å². The third-order valence-corrected chi connectivity index (χ3v) is 3.20. The van der Waals surface area contributed by atoms with Crippen molar-refractivity contribution in [1.29, 1.82) is 0 Å². The van der Waals surface area contributed by atoms with E-state index in [1.165, 1.54) is 0 Å². The number of hydrogen-bond donors (Lipinski definition) is 3. The number of rotatable bonds is 9. The van der Waals surface area contributed by atoms with Crippen molar-refractivity contribution in [2.24, 2.45) is 0 Å². The first-order valence-electron chi connectivity index (χ1n) is 8.48. The van der Waals surface area contributed by atoms with E-state index in [-0.39, 0.29) is 26.1 Å². The smallest absolute Gasteiger partial charge is 0.408 e. The maximum absolute atomic E-state index is 11.9. The Balaban J connectivity index is 4.57. The maximum atomic E-state index is 11.9. The molecular formula is C17H28ClN3O6. The minimum absolute atomic E-state index is 0.0951. The van der Waals surface area contributed by atoms with Crippen LogP contribution in [0.5, 0.6) is 0 Å². The standard InChI is InChI=1S/C17H28ClN3O6/c1-6-11(18)8-13(22)21-12(15(24)26-7-2)9-19-14(23)10-20-16(25)27-17(3,4)5/h6,12H,7-10H2,1-5H3,(H,19,23)(H,20,25)(H,21,22)/b11-6+/t12-/m0/s1. The highest BCUT2D eigenvalue weighted by atomic mass is 35.5. The van der Waals surface area contributed by atoms with Gasteiger partial charge in [0.2, 0.25) is 11.8 Å². The highest BCUT2D eigenvalue weighted by Crippen LogP contribution is 2.07. The summed E-state index contributed by atoms with van der Waals surface area (Å²) in [5.74, 6) is -1.74. The molecular weight excluding hydrogens is 378 g/mol. The number of carbonyl (C=O) groups excluding carboxylic acids is 4. The molecule has 27 heavy (non-hydrogen) atoms. The van der Waals surface area contributed by atoms with E-state index in [0.29, 0.717) is 5.03 Å². The summed E-state index contributed by atoms with van der Waals surface area (Å²) >= 11 is 5.79. The molecule has 0 fully saturated rings. The molecule has 3 N–H and O–H groups in total. The van der Waals surface area contributed by atoms with Crippen molar-refractivity contribution in [3.05, 3.63) is 11.1 Å². The Morgan fingerprint density at radius 2 is 1.74 bits per heavy atom. The molecule has 0 rings (SSSR count). The average molecular weight is 406 g/mol. The van der Waals surface area contributed by atoms with Crippen molar-refractivity contribution in [2.75, 3.05) is 19.7 Å². The lowest BCUT2D eigenvalue weighted by Gasteiger charge is -2.20. The van der Waals surface area contributed by atoms with E-state index in [0.717, 1.165) is 0 Å². The van der Waals surface area contributed by atoms with Crippen LogP contribution in [0.1, 0.15) is 41.0 Å². The molecule has 10 heteroatoms. The van der Waals surface area contributed by atoms with Crippen LogP contribution in [0.3, 0.4) is 0 Å². The van der Waals surface area contributed by atoms with Crippen LogP contribution in [0.2, 0.25) is 0 Å². The van der Waals surface area contributed by atoms with Crippen molar-refractivity contribution in [1.82, 2.24) is 16.0 Å². The van der Waals surface area contributed by atoms with Gasteiger partial charge in [-0.15, -0.1) is 0 Å². The van der Waals surface area contributed by atoms with E-state index in [9.17, 15) is 19.2 Å². The highest BCUT2D eigenvalue weighted by Gasteiger charge is 2.23. The summed E-state index contributed by atoms with van der Waals surface area (Å²) in [4.78, 5) is 47.2. The van der Waals surface area contributed by atoms with Crippen molar-refractivity contribution in [2.45, 2.75) is 52.7 Å². The molecule has 0 saturated heterocycles. The Bertz CT molecular complexity index is 572. The highest BCUT2D eigenvalue weighted by molar-refractivity contribution is 6.30. The second kappa shape index (κ2) is 12.2. The molecule has 9 nitrogen and oxygen atoms in total. The lowest BCUT2D eigenvalue weighted by molar-refractivity contribution is -0.147.